The molecule has 0 aromatic carbocycles. The second-order valence-corrected chi connectivity index (χ2v) is 12.4. The van der Waals surface area contributed by atoms with Crippen molar-refractivity contribution < 1.29 is 56.1 Å². The van der Waals surface area contributed by atoms with Crippen LogP contribution >= 0.6 is 15.9 Å². The Bertz CT molecular complexity index is 1880. The number of rotatable bonds is 11. The maximum Gasteiger partial charge on any atom is 0.534 e. The van der Waals surface area contributed by atoms with Gasteiger partial charge in [-0.2, -0.15) is 9.88 Å². The van der Waals surface area contributed by atoms with Crippen molar-refractivity contribution in [1.29, 1.82) is 0 Å². The number of phosphoric acid groups is 1. The standard InChI is InChI=1S/C21H24F2N10O11P2/c22-9-13(40-6-45(36)37)8(43-19(9)33-5-29-12-17(33)30-21(25)31-18(12)35)2-41-46(38,39)44-14-7(1-34)42-20(10(14)23)32-4-28-11-15(24)26-3-27-16(11)32/h3-5,7-10,13-14,19-20,34H,1-2,6H2,(H6-,24,25,26,27,30,31,35,36,37,38,39)/p+1/t7-,8-,9+,10?,13?,14?,19-,20-/m1/s1. The molecule has 0 saturated carbocycles. The molecule has 2 saturated heterocycles. The number of nitrogens with zero attached hydrogens (tertiary/aromatic N) is 7. The summed E-state index contributed by atoms with van der Waals surface area (Å²) in [6, 6.07) is 0. The molecule has 6 rings (SSSR count). The van der Waals surface area contributed by atoms with Crippen molar-refractivity contribution in [3.05, 3.63) is 29.3 Å². The van der Waals surface area contributed by atoms with Crippen molar-refractivity contribution in [3.8, 4) is 0 Å². The van der Waals surface area contributed by atoms with Gasteiger partial charge in [0.05, 0.1) is 25.9 Å². The van der Waals surface area contributed by atoms with Crippen LogP contribution in [0.2, 0.25) is 0 Å². The van der Waals surface area contributed by atoms with Crippen molar-refractivity contribution >= 4 is 49.9 Å². The fourth-order valence-electron chi connectivity index (χ4n) is 5.13. The van der Waals surface area contributed by atoms with E-state index >= 15 is 8.78 Å². The number of aliphatic hydroxyl groups is 1. The highest BCUT2D eigenvalue weighted by Crippen LogP contribution is 2.50. The Balaban J connectivity index is 1.19. The number of hydrogen-bond donors (Lipinski definition) is 6. The van der Waals surface area contributed by atoms with Crippen LogP contribution in [0.3, 0.4) is 0 Å². The first-order valence-corrected chi connectivity index (χ1v) is 16.0. The zero-order chi connectivity index (χ0) is 32.9. The summed E-state index contributed by atoms with van der Waals surface area (Å²) in [6.07, 6.45) is -11.5. The molecule has 10 atom stereocenters. The van der Waals surface area contributed by atoms with Crippen LogP contribution in [0.25, 0.3) is 22.3 Å². The molecule has 0 radical (unpaired) electrons. The fourth-order valence-corrected chi connectivity index (χ4v) is 6.38. The molecule has 0 amide bonds. The highest BCUT2D eigenvalue weighted by atomic mass is 31.2. The van der Waals surface area contributed by atoms with Crippen molar-refractivity contribution in [1.82, 2.24) is 39.0 Å². The summed E-state index contributed by atoms with van der Waals surface area (Å²) in [5.41, 5.74) is 10.5. The molecule has 0 spiro atoms. The fraction of sp³-hybridized carbons (Fsp3) is 0.524. The molecule has 4 aromatic rings. The third kappa shape index (κ3) is 5.97. The maximum absolute atomic E-state index is 15.7. The van der Waals surface area contributed by atoms with Gasteiger partial charge in [-0.15, -0.1) is 0 Å². The predicted octanol–water partition coefficient (Wildman–Crippen LogP) is -0.833. The normalized spacial score (nSPS) is 29.9. The molecule has 6 heterocycles. The number of halogens is 2. The molecule has 2 aliphatic rings. The molecule has 5 unspecified atom stereocenters. The van der Waals surface area contributed by atoms with E-state index in [4.69, 9.17) is 34.7 Å². The number of aromatic nitrogens is 8. The average Bonchev–Trinajstić information content (AvgIpc) is 3.76. The Kier molecular flexibility index (Phi) is 8.80. The summed E-state index contributed by atoms with van der Waals surface area (Å²) in [6.45, 7) is -1.75. The first-order chi connectivity index (χ1) is 21.9. The van der Waals surface area contributed by atoms with E-state index < -0.39 is 90.2 Å². The van der Waals surface area contributed by atoms with Crippen LogP contribution in [0.15, 0.2) is 23.8 Å². The highest BCUT2D eigenvalue weighted by molar-refractivity contribution is 7.47. The second kappa shape index (κ2) is 12.5. The number of hydrogen-bond acceptors (Lipinski definition) is 16. The summed E-state index contributed by atoms with van der Waals surface area (Å²) in [5.74, 6) is -0.299. The molecular formula is C21H25F2N10O11P2+. The number of nitrogens with one attached hydrogen (secondary N) is 1. The molecule has 21 nitrogen and oxygen atoms in total. The van der Waals surface area contributed by atoms with Crippen LogP contribution in [-0.2, 0) is 32.4 Å². The summed E-state index contributed by atoms with van der Waals surface area (Å²) in [7, 11) is -8.11. The zero-order valence-corrected chi connectivity index (χ0v) is 24.8. The number of anilines is 2. The van der Waals surface area contributed by atoms with Gasteiger partial charge < -0.3 is 35.7 Å². The van der Waals surface area contributed by atoms with Crippen LogP contribution in [-0.4, -0.2) is 110 Å². The molecule has 0 bridgehead atoms. The third-order valence-corrected chi connectivity index (χ3v) is 8.49. The first-order valence-electron chi connectivity index (χ1n) is 13.1. The Morgan fingerprint density at radius 1 is 1.02 bits per heavy atom. The molecule has 248 valence electrons. The summed E-state index contributed by atoms with van der Waals surface area (Å²) < 4.78 is 84.3. The lowest BCUT2D eigenvalue weighted by Crippen LogP contribution is -2.35. The Hall–Kier alpha value is -3.63. The van der Waals surface area contributed by atoms with Gasteiger partial charge in [-0.05, 0) is 4.57 Å². The van der Waals surface area contributed by atoms with Crippen molar-refractivity contribution in [2.24, 2.45) is 0 Å². The van der Waals surface area contributed by atoms with Crippen molar-refractivity contribution in [3.63, 3.8) is 0 Å². The zero-order valence-electron chi connectivity index (χ0n) is 23.0. The smallest absolute Gasteiger partial charge is 0.394 e. The van der Waals surface area contributed by atoms with E-state index in [1.54, 1.807) is 0 Å². The van der Waals surface area contributed by atoms with Crippen LogP contribution in [0, 0.1) is 0 Å². The first kappa shape index (κ1) is 32.3. The van der Waals surface area contributed by atoms with Crippen LogP contribution < -0.4 is 17.0 Å². The number of aromatic amines is 1. The van der Waals surface area contributed by atoms with Crippen LogP contribution in [0.1, 0.15) is 12.5 Å². The van der Waals surface area contributed by atoms with Crippen LogP contribution in [0.4, 0.5) is 20.5 Å². The van der Waals surface area contributed by atoms with Crippen molar-refractivity contribution in [2.45, 2.75) is 49.2 Å². The van der Waals surface area contributed by atoms with E-state index in [1.165, 1.54) is 0 Å². The molecule has 46 heavy (non-hydrogen) atoms. The SMILES string of the molecule is Nc1nc2c(ncn2[C@@H]2O[C@H](COP(=O)(O)OC3C(F)[C@H](n4cnc5c(N)ncnc54)O[C@@H]3CO)C(OC[P+](=O)O)[C@@H]2F)c(=O)[nH]1. The molecule has 2 fully saturated rings. The number of alkyl halides is 2. The molecule has 8 N–H and O–H groups in total. The van der Waals surface area contributed by atoms with Gasteiger partial charge in [0.1, 0.15) is 36.3 Å². The quantitative estimate of drug-likeness (QED) is 0.104. The number of aliphatic hydroxyl groups excluding tert-OH is 1. The molecule has 25 heteroatoms. The Labute approximate surface area is 254 Å². The van der Waals surface area contributed by atoms with Gasteiger partial charge in [-0.1, -0.05) is 0 Å². The number of ether oxygens (including phenoxy) is 3. The van der Waals surface area contributed by atoms with E-state index in [9.17, 15) is 28.8 Å². The Morgan fingerprint density at radius 2 is 1.67 bits per heavy atom. The van der Waals surface area contributed by atoms with Gasteiger partial charge in [0.15, 0.2) is 47.4 Å². The average molecular weight is 693 g/mol. The number of phosphoric ester groups is 1. The van der Waals surface area contributed by atoms with E-state index in [1.807, 2.05) is 0 Å². The lowest BCUT2D eigenvalue weighted by atomic mass is 10.1. The summed E-state index contributed by atoms with van der Waals surface area (Å²) in [5, 5.41) is 9.80. The van der Waals surface area contributed by atoms with Crippen LogP contribution in [0.5, 0.6) is 0 Å². The minimum atomic E-state index is -5.22. The molecule has 2 aliphatic heterocycles. The summed E-state index contributed by atoms with van der Waals surface area (Å²) in [4.78, 5) is 53.8. The largest absolute Gasteiger partial charge is 0.534 e. The number of nitrogens with two attached hydrogens (primary N) is 2. The molecular weight excluding hydrogens is 668 g/mol. The van der Waals surface area contributed by atoms with Gasteiger partial charge in [0.25, 0.3) is 11.9 Å². The molecule has 0 aliphatic carbocycles. The van der Waals surface area contributed by atoms with Crippen molar-refractivity contribution in [2.75, 3.05) is 31.0 Å². The lowest BCUT2D eigenvalue weighted by molar-refractivity contribution is -0.0618. The highest BCUT2D eigenvalue weighted by Gasteiger charge is 2.52. The van der Waals surface area contributed by atoms with E-state index in [-0.39, 0.29) is 34.1 Å². The number of fused-ring (bicyclic) bond motifs is 2. The van der Waals surface area contributed by atoms with E-state index in [0.717, 1.165) is 28.1 Å². The van der Waals surface area contributed by atoms with Gasteiger partial charge in [0.2, 0.25) is 5.95 Å². The predicted molar refractivity (Wildman–Crippen MR) is 147 cm³/mol. The van der Waals surface area contributed by atoms with Gasteiger partial charge in [-0.25, -0.2) is 33.3 Å². The van der Waals surface area contributed by atoms with E-state index in [2.05, 4.69) is 29.9 Å². The van der Waals surface area contributed by atoms with Gasteiger partial charge >= 0.3 is 15.9 Å². The third-order valence-electron chi connectivity index (χ3n) is 7.13. The monoisotopic (exact) mass is 693 g/mol. The number of nitrogen functional groups attached to an aromatic ring is 2. The number of imidazole rings is 2. The van der Waals surface area contributed by atoms with Gasteiger partial charge in [-0.3, -0.25) is 28.0 Å². The molecule has 4 aromatic heterocycles. The maximum atomic E-state index is 15.7. The second-order valence-electron chi connectivity index (χ2n) is 10.0. The minimum absolute atomic E-state index is 0.00669. The number of H-pyrrole nitrogens is 1. The lowest BCUT2D eigenvalue weighted by Gasteiger charge is -2.23. The Morgan fingerprint density at radius 3 is 2.37 bits per heavy atom. The van der Waals surface area contributed by atoms with Gasteiger partial charge in [0, 0.05) is 0 Å². The topological polar surface area (TPSA) is 300 Å². The van der Waals surface area contributed by atoms with E-state index in [0.29, 0.717) is 0 Å². The summed E-state index contributed by atoms with van der Waals surface area (Å²) >= 11 is 0. The minimum Gasteiger partial charge on any atom is -0.394 e.